The van der Waals surface area contributed by atoms with Gasteiger partial charge in [-0.15, -0.1) is 11.8 Å². The fourth-order valence-corrected chi connectivity index (χ4v) is 2.67. The molecule has 0 bridgehead atoms. The van der Waals surface area contributed by atoms with E-state index in [1.54, 1.807) is 16.7 Å². The fraction of sp³-hybridized carbons (Fsp3) is 0.278. The topological polar surface area (TPSA) is 29.5 Å². The normalized spacial score (nSPS) is 10.3. The lowest BCUT2D eigenvalue weighted by molar-refractivity contribution is -0.127. The van der Waals surface area contributed by atoms with Crippen molar-refractivity contribution in [2.24, 2.45) is 0 Å². The summed E-state index contributed by atoms with van der Waals surface area (Å²) in [7, 11) is 1.81. The maximum atomic E-state index is 12.1. The van der Waals surface area contributed by atoms with E-state index >= 15 is 0 Å². The summed E-state index contributed by atoms with van der Waals surface area (Å²) in [6, 6.07) is 17.9. The molecule has 0 unspecified atom stereocenters. The quantitative estimate of drug-likeness (QED) is 0.731. The van der Waals surface area contributed by atoms with Gasteiger partial charge < -0.3 is 9.64 Å². The van der Waals surface area contributed by atoms with Crippen molar-refractivity contribution in [1.82, 2.24) is 4.90 Å². The van der Waals surface area contributed by atoms with Crippen LogP contribution in [-0.2, 0) is 4.79 Å². The van der Waals surface area contributed by atoms with Gasteiger partial charge in [0.2, 0.25) is 5.91 Å². The Hall–Kier alpha value is -1.94. The van der Waals surface area contributed by atoms with Crippen LogP contribution in [0.15, 0.2) is 59.5 Å². The molecule has 0 saturated carbocycles. The molecule has 3 nitrogen and oxygen atoms in total. The standard InChI is InChI=1S/C18H21NO2S/c1-15-8-10-17(11-9-15)22-14-18(20)19(2)12-13-21-16-6-4-3-5-7-16/h3-11H,12-14H2,1-2H3. The van der Waals surface area contributed by atoms with Crippen molar-refractivity contribution in [2.45, 2.75) is 11.8 Å². The highest BCUT2D eigenvalue weighted by molar-refractivity contribution is 8.00. The second-order valence-corrected chi connectivity index (χ2v) is 6.13. The van der Waals surface area contributed by atoms with E-state index in [9.17, 15) is 4.79 Å². The van der Waals surface area contributed by atoms with Gasteiger partial charge in [0.1, 0.15) is 12.4 Å². The number of hydrogen-bond donors (Lipinski definition) is 0. The van der Waals surface area contributed by atoms with Crippen LogP contribution < -0.4 is 4.74 Å². The molecule has 0 spiro atoms. The van der Waals surface area contributed by atoms with Crippen molar-refractivity contribution in [2.75, 3.05) is 26.0 Å². The Morgan fingerprint density at radius 1 is 1.09 bits per heavy atom. The zero-order valence-corrected chi connectivity index (χ0v) is 13.8. The predicted molar refractivity (Wildman–Crippen MR) is 91.5 cm³/mol. The Morgan fingerprint density at radius 2 is 1.77 bits per heavy atom. The first kappa shape index (κ1) is 16.4. The molecule has 0 aromatic heterocycles. The third-order valence-corrected chi connectivity index (χ3v) is 4.24. The highest BCUT2D eigenvalue weighted by Gasteiger charge is 2.09. The van der Waals surface area contributed by atoms with E-state index in [1.165, 1.54) is 5.56 Å². The van der Waals surface area contributed by atoms with E-state index in [4.69, 9.17) is 4.74 Å². The Balaban J connectivity index is 1.69. The van der Waals surface area contributed by atoms with Crippen LogP contribution in [0, 0.1) is 6.92 Å². The first-order chi connectivity index (χ1) is 10.6. The van der Waals surface area contributed by atoms with Crippen LogP contribution in [-0.4, -0.2) is 36.8 Å². The van der Waals surface area contributed by atoms with E-state index in [2.05, 4.69) is 19.1 Å². The van der Waals surface area contributed by atoms with E-state index in [-0.39, 0.29) is 5.91 Å². The van der Waals surface area contributed by atoms with Gasteiger partial charge in [-0.1, -0.05) is 35.9 Å². The number of carbonyl (C=O) groups is 1. The summed E-state index contributed by atoms with van der Waals surface area (Å²) in [5, 5.41) is 0. The minimum atomic E-state index is 0.113. The van der Waals surface area contributed by atoms with E-state index in [1.807, 2.05) is 49.5 Å². The van der Waals surface area contributed by atoms with Gasteiger partial charge in [0, 0.05) is 11.9 Å². The van der Waals surface area contributed by atoms with Gasteiger partial charge in [-0.2, -0.15) is 0 Å². The van der Waals surface area contributed by atoms with Gasteiger partial charge in [-0.05, 0) is 31.2 Å². The average Bonchev–Trinajstić information content (AvgIpc) is 2.55. The minimum Gasteiger partial charge on any atom is -0.492 e. The fourth-order valence-electron chi connectivity index (χ4n) is 1.83. The van der Waals surface area contributed by atoms with Gasteiger partial charge in [0.25, 0.3) is 0 Å². The smallest absolute Gasteiger partial charge is 0.232 e. The van der Waals surface area contributed by atoms with E-state index in [0.717, 1.165) is 10.6 Å². The van der Waals surface area contributed by atoms with Crippen LogP contribution in [0.1, 0.15) is 5.56 Å². The predicted octanol–water partition coefficient (Wildman–Crippen LogP) is 3.62. The van der Waals surface area contributed by atoms with Gasteiger partial charge >= 0.3 is 0 Å². The Labute approximate surface area is 136 Å². The largest absolute Gasteiger partial charge is 0.492 e. The number of thioether (sulfide) groups is 1. The zero-order valence-electron chi connectivity index (χ0n) is 13.0. The van der Waals surface area contributed by atoms with Gasteiger partial charge in [-0.3, -0.25) is 4.79 Å². The first-order valence-corrected chi connectivity index (χ1v) is 8.25. The number of likely N-dealkylation sites (N-methyl/N-ethyl adjacent to an activating group) is 1. The lowest BCUT2D eigenvalue weighted by Crippen LogP contribution is -2.32. The number of benzene rings is 2. The molecule has 2 rings (SSSR count). The van der Waals surface area contributed by atoms with Crippen LogP contribution in [0.2, 0.25) is 0 Å². The van der Waals surface area contributed by atoms with Crippen molar-refractivity contribution in [3.05, 3.63) is 60.2 Å². The summed E-state index contributed by atoms with van der Waals surface area (Å²) in [6.45, 7) is 3.14. The lowest BCUT2D eigenvalue weighted by atomic mass is 10.2. The van der Waals surface area contributed by atoms with Crippen molar-refractivity contribution < 1.29 is 9.53 Å². The molecule has 2 aromatic rings. The highest BCUT2D eigenvalue weighted by atomic mass is 32.2. The number of aryl methyl sites for hydroxylation is 1. The molecule has 0 saturated heterocycles. The number of carbonyl (C=O) groups excluding carboxylic acids is 1. The van der Waals surface area contributed by atoms with E-state index in [0.29, 0.717) is 18.9 Å². The number of rotatable bonds is 7. The summed E-state index contributed by atoms with van der Waals surface area (Å²) in [5.41, 5.74) is 1.23. The molecule has 0 aliphatic rings. The summed E-state index contributed by atoms with van der Waals surface area (Å²) in [6.07, 6.45) is 0. The molecule has 0 aliphatic heterocycles. The zero-order chi connectivity index (χ0) is 15.8. The van der Waals surface area contributed by atoms with Gasteiger partial charge in [-0.25, -0.2) is 0 Å². The summed E-state index contributed by atoms with van der Waals surface area (Å²) < 4.78 is 5.60. The van der Waals surface area contributed by atoms with Crippen LogP contribution in [0.3, 0.4) is 0 Å². The van der Waals surface area contributed by atoms with Crippen molar-refractivity contribution in [3.8, 4) is 5.75 Å². The summed E-state index contributed by atoms with van der Waals surface area (Å²) >= 11 is 1.56. The van der Waals surface area contributed by atoms with E-state index < -0.39 is 0 Å². The Kier molecular flexibility index (Phi) is 6.34. The minimum absolute atomic E-state index is 0.113. The maximum Gasteiger partial charge on any atom is 0.232 e. The number of para-hydroxylation sites is 1. The molecule has 4 heteroatoms. The number of ether oxygens (including phenoxy) is 1. The molecule has 1 amide bonds. The average molecular weight is 315 g/mol. The SMILES string of the molecule is Cc1ccc(SCC(=O)N(C)CCOc2ccccc2)cc1. The molecule has 2 aromatic carbocycles. The van der Waals surface area contributed by atoms with Crippen LogP contribution in [0.25, 0.3) is 0 Å². The second-order valence-electron chi connectivity index (χ2n) is 5.08. The molecule has 116 valence electrons. The molecule has 0 atom stereocenters. The molecule has 0 aliphatic carbocycles. The van der Waals surface area contributed by atoms with Crippen molar-refractivity contribution >= 4 is 17.7 Å². The number of nitrogens with zero attached hydrogens (tertiary/aromatic N) is 1. The maximum absolute atomic E-state index is 12.1. The lowest BCUT2D eigenvalue weighted by Gasteiger charge is -2.17. The molecule has 0 fully saturated rings. The van der Waals surface area contributed by atoms with Crippen LogP contribution in [0.4, 0.5) is 0 Å². The molecule has 0 heterocycles. The highest BCUT2D eigenvalue weighted by Crippen LogP contribution is 2.18. The first-order valence-electron chi connectivity index (χ1n) is 7.26. The van der Waals surface area contributed by atoms with Crippen molar-refractivity contribution in [1.29, 1.82) is 0 Å². The third-order valence-electron chi connectivity index (χ3n) is 3.25. The van der Waals surface area contributed by atoms with Crippen LogP contribution in [0.5, 0.6) is 5.75 Å². The Morgan fingerprint density at radius 3 is 2.45 bits per heavy atom. The molecule has 22 heavy (non-hydrogen) atoms. The molecule has 0 radical (unpaired) electrons. The third kappa shape index (κ3) is 5.45. The molecule has 0 N–H and O–H groups in total. The van der Waals surface area contributed by atoms with Crippen molar-refractivity contribution in [3.63, 3.8) is 0 Å². The Bertz CT molecular complexity index is 584. The molecular formula is C18H21NO2S. The monoisotopic (exact) mass is 315 g/mol. The van der Waals surface area contributed by atoms with Gasteiger partial charge in [0.05, 0.1) is 12.3 Å². The summed E-state index contributed by atoms with van der Waals surface area (Å²) in [4.78, 5) is 14.9. The number of hydrogen-bond acceptors (Lipinski definition) is 3. The van der Waals surface area contributed by atoms with Gasteiger partial charge in [0.15, 0.2) is 0 Å². The van der Waals surface area contributed by atoms with Crippen LogP contribution >= 0.6 is 11.8 Å². The summed E-state index contributed by atoms with van der Waals surface area (Å²) in [5.74, 6) is 1.39. The second kappa shape index (κ2) is 8.49. The number of amides is 1. The molecular weight excluding hydrogens is 294 g/mol.